The van der Waals surface area contributed by atoms with Crippen LogP contribution in [0.4, 0.5) is 0 Å². The lowest BCUT2D eigenvalue weighted by Gasteiger charge is -2.23. The van der Waals surface area contributed by atoms with Crippen molar-refractivity contribution in [2.45, 2.75) is 12.8 Å². The molecule has 0 saturated carbocycles. The van der Waals surface area contributed by atoms with Gasteiger partial charge in [0, 0.05) is 6.08 Å². The van der Waals surface area contributed by atoms with Crippen molar-refractivity contribution in [3.8, 4) is 0 Å². The van der Waals surface area contributed by atoms with Crippen LogP contribution in [0, 0.1) is 5.92 Å². The quantitative estimate of drug-likeness (QED) is 0.505. The number of ether oxygens (including phenoxy) is 1. The minimum atomic E-state index is 0.448. The molecule has 0 spiro atoms. The van der Waals surface area contributed by atoms with Gasteiger partial charge in [0.25, 0.3) is 0 Å². The molecular formula is C10H18N2O. The Balaban J connectivity index is 2.46. The molecule has 0 amide bonds. The zero-order valence-corrected chi connectivity index (χ0v) is 8.18. The molecule has 0 radical (unpaired) electrons. The molecule has 0 unspecified atom stereocenters. The molecule has 1 rings (SSSR count). The van der Waals surface area contributed by atoms with Gasteiger partial charge in [-0.05, 0) is 37.4 Å². The van der Waals surface area contributed by atoms with Gasteiger partial charge in [-0.25, -0.2) is 0 Å². The predicted octanol–water partition coefficient (Wildman–Crippen LogP) is 0.989. The average molecular weight is 182 g/mol. The Morgan fingerprint density at radius 3 is 2.69 bits per heavy atom. The molecule has 1 fully saturated rings. The summed E-state index contributed by atoms with van der Waals surface area (Å²) >= 11 is 0. The molecular weight excluding hydrogens is 164 g/mol. The van der Waals surface area contributed by atoms with Crippen molar-refractivity contribution in [2.75, 3.05) is 20.2 Å². The van der Waals surface area contributed by atoms with Crippen molar-refractivity contribution in [3.63, 3.8) is 0 Å². The topological polar surface area (TPSA) is 47.3 Å². The molecule has 3 nitrogen and oxygen atoms in total. The molecule has 0 atom stereocenters. The molecule has 0 aromatic heterocycles. The molecule has 3 N–H and O–H groups in total. The van der Waals surface area contributed by atoms with Gasteiger partial charge in [0.2, 0.25) is 0 Å². The minimum Gasteiger partial charge on any atom is -0.483 e. The smallest absolute Gasteiger partial charge is 0.183 e. The highest BCUT2D eigenvalue weighted by Crippen LogP contribution is 2.21. The largest absolute Gasteiger partial charge is 0.483 e. The number of nitrogens with two attached hydrogens (primary N) is 1. The Bertz CT molecular complexity index is 205. The highest BCUT2D eigenvalue weighted by molar-refractivity contribution is 5.20. The predicted molar refractivity (Wildman–Crippen MR) is 54.0 cm³/mol. The van der Waals surface area contributed by atoms with Crippen molar-refractivity contribution in [1.82, 2.24) is 5.32 Å². The fourth-order valence-electron chi connectivity index (χ4n) is 1.55. The van der Waals surface area contributed by atoms with Gasteiger partial charge in [0.1, 0.15) is 0 Å². The molecule has 0 aliphatic carbocycles. The summed E-state index contributed by atoms with van der Waals surface area (Å²) in [6, 6.07) is 0. The van der Waals surface area contributed by atoms with Gasteiger partial charge in [0.05, 0.1) is 7.11 Å². The second-order valence-corrected chi connectivity index (χ2v) is 3.35. The zero-order valence-electron chi connectivity index (χ0n) is 8.18. The average Bonchev–Trinajstić information content (AvgIpc) is 2.19. The summed E-state index contributed by atoms with van der Waals surface area (Å²) in [5, 5.41) is 3.31. The third-order valence-corrected chi connectivity index (χ3v) is 2.43. The second kappa shape index (κ2) is 4.92. The van der Waals surface area contributed by atoms with Crippen molar-refractivity contribution >= 4 is 0 Å². The van der Waals surface area contributed by atoms with Gasteiger partial charge in [-0.2, -0.15) is 0 Å². The van der Waals surface area contributed by atoms with Gasteiger partial charge in [-0.15, -0.1) is 0 Å². The minimum absolute atomic E-state index is 0.448. The number of nitrogens with one attached hydrogen (secondary N) is 1. The standard InChI is InChI=1S/C10H18N2O/c1-8(7-10(11)13-2)9-3-5-12-6-4-9/h7,9,12H,1,3-6,11H2,2H3/b10-7-. The van der Waals surface area contributed by atoms with Crippen LogP contribution in [0.2, 0.25) is 0 Å². The van der Waals surface area contributed by atoms with Crippen molar-refractivity contribution < 1.29 is 4.74 Å². The third-order valence-electron chi connectivity index (χ3n) is 2.43. The van der Waals surface area contributed by atoms with E-state index in [1.807, 2.05) is 6.08 Å². The summed E-state index contributed by atoms with van der Waals surface area (Å²) in [5.41, 5.74) is 6.63. The van der Waals surface area contributed by atoms with Crippen molar-refractivity contribution in [2.24, 2.45) is 11.7 Å². The third kappa shape index (κ3) is 3.11. The molecule has 0 bridgehead atoms. The van der Waals surface area contributed by atoms with Gasteiger partial charge < -0.3 is 15.8 Å². The van der Waals surface area contributed by atoms with E-state index in [0.717, 1.165) is 31.5 Å². The lowest BCUT2D eigenvalue weighted by Crippen LogP contribution is -2.28. The fourth-order valence-corrected chi connectivity index (χ4v) is 1.55. The van der Waals surface area contributed by atoms with Crippen LogP contribution in [-0.2, 0) is 4.74 Å². The van der Waals surface area contributed by atoms with Gasteiger partial charge in [-0.1, -0.05) is 6.58 Å². The molecule has 1 aliphatic rings. The highest BCUT2D eigenvalue weighted by Gasteiger charge is 2.14. The Morgan fingerprint density at radius 2 is 2.15 bits per heavy atom. The van der Waals surface area contributed by atoms with E-state index in [0.29, 0.717) is 11.8 Å². The number of hydrogen-bond acceptors (Lipinski definition) is 3. The van der Waals surface area contributed by atoms with Crippen LogP contribution in [-0.4, -0.2) is 20.2 Å². The van der Waals surface area contributed by atoms with Gasteiger partial charge in [-0.3, -0.25) is 0 Å². The molecule has 3 heteroatoms. The Labute approximate surface area is 79.6 Å². The molecule has 0 aromatic carbocycles. The van der Waals surface area contributed by atoms with E-state index in [1.165, 1.54) is 0 Å². The van der Waals surface area contributed by atoms with E-state index in [1.54, 1.807) is 7.11 Å². The summed E-state index contributed by atoms with van der Waals surface area (Å²) in [6.45, 7) is 6.15. The van der Waals surface area contributed by atoms with Crippen LogP contribution in [0.3, 0.4) is 0 Å². The first-order valence-electron chi connectivity index (χ1n) is 4.64. The van der Waals surface area contributed by atoms with Gasteiger partial charge in [0.15, 0.2) is 5.88 Å². The SMILES string of the molecule is C=C(/C=C(/N)OC)C1CCNCC1. The van der Waals surface area contributed by atoms with Crippen molar-refractivity contribution in [1.29, 1.82) is 0 Å². The molecule has 13 heavy (non-hydrogen) atoms. The number of piperidine rings is 1. The van der Waals surface area contributed by atoms with Crippen LogP contribution in [0.1, 0.15) is 12.8 Å². The Hall–Kier alpha value is -0.960. The van der Waals surface area contributed by atoms with Crippen LogP contribution < -0.4 is 11.1 Å². The molecule has 74 valence electrons. The van der Waals surface area contributed by atoms with E-state index in [9.17, 15) is 0 Å². The highest BCUT2D eigenvalue weighted by atomic mass is 16.5. The maximum Gasteiger partial charge on any atom is 0.183 e. The Kier molecular flexibility index (Phi) is 3.83. The van der Waals surface area contributed by atoms with Crippen molar-refractivity contribution in [3.05, 3.63) is 24.1 Å². The van der Waals surface area contributed by atoms with E-state index >= 15 is 0 Å². The maximum atomic E-state index is 5.54. The van der Waals surface area contributed by atoms with Gasteiger partial charge >= 0.3 is 0 Å². The number of hydrogen-bond donors (Lipinski definition) is 2. The normalized spacial score (nSPS) is 19.9. The maximum absolute atomic E-state index is 5.54. The summed E-state index contributed by atoms with van der Waals surface area (Å²) in [4.78, 5) is 0. The van der Waals surface area contributed by atoms with Crippen LogP contribution in [0.25, 0.3) is 0 Å². The first-order chi connectivity index (χ1) is 6.24. The summed E-state index contributed by atoms with van der Waals surface area (Å²) in [6.07, 6.45) is 4.12. The van der Waals surface area contributed by atoms with E-state index in [4.69, 9.17) is 10.5 Å². The van der Waals surface area contributed by atoms with Crippen LogP contribution in [0.15, 0.2) is 24.1 Å². The lowest BCUT2D eigenvalue weighted by molar-refractivity contribution is 0.286. The summed E-state index contributed by atoms with van der Waals surface area (Å²) in [7, 11) is 1.57. The zero-order chi connectivity index (χ0) is 9.68. The summed E-state index contributed by atoms with van der Waals surface area (Å²) in [5.74, 6) is 1.01. The number of rotatable bonds is 3. The van der Waals surface area contributed by atoms with Crippen LogP contribution in [0.5, 0.6) is 0 Å². The van der Waals surface area contributed by atoms with E-state index < -0.39 is 0 Å². The lowest BCUT2D eigenvalue weighted by atomic mass is 9.91. The van der Waals surface area contributed by atoms with E-state index in [2.05, 4.69) is 11.9 Å². The molecule has 1 saturated heterocycles. The van der Waals surface area contributed by atoms with E-state index in [-0.39, 0.29) is 0 Å². The van der Waals surface area contributed by atoms with Crippen LogP contribution >= 0.6 is 0 Å². The number of methoxy groups -OCH3 is 1. The number of allylic oxidation sites excluding steroid dienone is 2. The Morgan fingerprint density at radius 1 is 1.54 bits per heavy atom. The second-order valence-electron chi connectivity index (χ2n) is 3.35. The molecule has 0 aromatic rings. The fraction of sp³-hybridized carbons (Fsp3) is 0.600. The molecule has 1 heterocycles. The first-order valence-corrected chi connectivity index (χ1v) is 4.64. The molecule has 1 aliphatic heterocycles. The summed E-state index contributed by atoms with van der Waals surface area (Å²) < 4.78 is 4.87. The first kappa shape index (κ1) is 10.1. The monoisotopic (exact) mass is 182 g/mol.